The minimum Gasteiger partial charge on any atom is -0.341 e. The number of H-pyrrole nitrogens is 1. The van der Waals surface area contributed by atoms with Crippen molar-refractivity contribution in [1.29, 1.82) is 0 Å². The molecule has 0 aliphatic carbocycles. The first-order chi connectivity index (χ1) is 13.6. The molecule has 0 bridgehead atoms. The number of hydrogen-bond acceptors (Lipinski definition) is 5. The van der Waals surface area contributed by atoms with E-state index in [2.05, 4.69) is 25.5 Å². The van der Waals surface area contributed by atoms with E-state index in [0.29, 0.717) is 12.2 Å². The number of aromatic nitrogens is 5. The number of imidazole rings is 1. The highest BCUT2D eigenvalue weighted by atomic mass is 32.2. The van der Waals surface area contributed by atoms with Crippen LogP contribution in [0.2, 0.25) is 0 Å². The zero-order valence-corrected chi connectivity index (χ0v) is 16.5. The van der Waals surface area contributed by atoms with E-state index >= 15 is 0 Å². The Bertz CT molecular complexity index is 1100. The highest BCUT2D eigenvalue weighted by Crippen LogP contribution is 2.26. The number of hydrogen-bond donors (Lipinski definition) is 2. The van der Waals surface area contributed by atoms with Gasteiger partial charge in [-0.05, 0) is 24.3 Å². The minimum atomic E-state index is -0.0165. The summed E-state index contributed by atoms with van der Waals surface area (Å²) in [6.45, 7) is 1.83. The van der Waals surface area contributed by atoms with Gasteiger partial charge in [-0.25, -0.2) is 4.98 Å². The zero-order chi connectivity index (χ0) is 19.5. The third-order valence-electron chi connectivity index (χ3n) is 4.34. The maximum atomic E-state index is 11.6. The Labute approximate surface area is 166 Å². The summed E-state index contributed by atoms with van der Waals surface area (Å²) in [7, 11) is 1.94. The number of nitrogens with one attached hydrogen (secondary N) is 2. The molecule has 0 aliphatic rings. The highest BCUT2D eigenvalue weighted by Gasteiger charge is 2.13. The highest BCUT2D eigenvalue weighted by molar-refractivity contribution is 7.98. The van der Waals surface area contributed by atoms with Crippen LogP contribution in [0.5, 0.6) is 0 Å². The number of carbonyl (C=O) groups is 1. The van der Waals surface area contributed by atoms with Gasteiger partial charge in [-0.1, -0.05) is 43.0 Å². The summed E-state index contributed by atoms with van der Waals surface area (Å²) in [4.78, 5) is 19.5. The van der Waals surface area contributed by atoms with Crippen molar-refractivity contribution in [3.05, 3.63) is 54.4 Å². The minimum absolute atomic E-state index is 0.0165. The molecule has 0 fully saturated rings. The number of para-hydroxylation sites is 2. The second kappa shape index (κ2) is 7.85. The lowest BCUT2D eigenvalue weighted by Crippen LogP contribution is -2.09. The summed E-state index contributed by atoms with van der Waals surface area (Å²) >= 11 is 1.58. The molecule has 0 atom stereocenters. The molecule has 0 unspecified atom stereocenters. The fraction of sp³-hybridized carbons (Fsp3) is 0.200. The largest absolute Gasteiger partial charge is 0.341 e. The molecule has 8 heteroatoms. The van der Waals surface area contributed by atoms with E-state index in [1.165, 1.54) is 0 Å². The molecule has 2 heterocycles. The number of nitrogens with zero attached hydrogens (tertiary/aromatic N) is 4. The van der Waals surface area contributed by atoms with Crippen LogP contribution in [0.3, 0.4) is 0 Å². The molecule has 4 aromatic rings. The topological polar surface area (TPSA) is 88.5 Å². The lowest BCUT2D eigenvalue weighted by Gasteiger charge is -2.07. The average molecular weight is 392 g/mol. The molecule has 2 N–H and O–H groups in total. The van der Waals surface area contributed by atoms with Crippen molar-refractivity contribution >= 4 is 34.4 Å². The second-order valence-electron chi connectivity index (χ2n) is 6.34. The number of benzene rings is 2. The fourth-order valence-electron chi connectivity index (χ4n) is 2.88. The molecule has 142 valence electrons. The number of amides is 1. The van der Waals surface area contributed by atoms with E-state index in [0.717, 1.165) is 39.1 Å². The molecule has 0 spiro atoms. The summed E-state index contributed by atoms with van der Waals surface area (Å²) in [5, 5.41) is 12.3. The van der Waals surface area contributed by atoms with Crippen molar-refractivity contribution in [3.8, 4) is 11.4 Å². The molecular formula is C20H20N6OS. The molecule has 28 heavy (non-hydrogen) atoms. The predicted octanol–water partition coefficient (Wildman–Crippen LogP) is 4.00. The first-order valence-corrected chi connectivity index (χ1v) is 9.98. The van der Waals surface area contributed by atoms with Crippen LogP contribution in [0.15, 0.2) is 53.7 Å². The third kappa shape index (κ3) is 3.77. The van der Waals surface area contributed by atoms with Crippen molar-refractivity contribution in [2.75, 3.05) is 5.32 Å². The van der Waals surface area contributed by atoms with Crippen LogP contribution < -0.4 is 5.32 Å². The maximum absolute atomic E-state index is 11.6. The van der Waals surface area contributed by atoms with E-state index in [9.17, 15) is 4.79 Å². The van der Waals surface area contributed by atoms with Crippen molar-refractivity contribution in [1.82, 2.24) is 24.7 Å². The molecule has 0 radical (unpaired) electrons. The number of fused-ring (bicyclic) bond motifs is 1. The summed E-state index contributed by atoms with van der Waals surface area (Å²) in [5.74, 6) is 2.31. The first-order valence-electron chi connectivity index (χ1n) is 9.00. The average Bonchev–Trinajstić information content (AvgIpc) is 3.29. The quantitative estimate of drug-likeness (QED) is 0.484. The lowest BCUT2D eigenvalue weighted by atomic mass is 10.2. The zero-order valence-electron chi connectivity index (χ0n) is 15.6. The van der Waals surface area contributed by atoms with Gasteiger partial charge in [0.2, 0.25) is 5.91 Å². The van der Waals surface area contributed by atoms with Gasteiger partial charge in [0.25, 0.3) is 0 Å². The molecule has 0 saturated heterocycles. The van der Waals surface area contributed by atoms with Gasteiger partial charge in [0.05, 0.1) is 16.8 Å². The van der Waals surface area contributed by atoms with Crippen molar-refractivity contribution < 1.29 is 4.79 Å². The van der Waals surface area contributed by atoms with Crippen LogP contribution in [0.25, 0.3) is 22.4 Å². The van der Waals surface area contributed by atoms with Gasteiger partial charge in [0.15, 0.2) is 11.0 Å². The maximum Gasteiger partial charge on any atom is 0.224 e. The van der Waals surface area contributed by atoms with Crippen LogP contribution in [0, 0.1) is 0 Å². The Hall–Kier alpha value is -3.13. The van der Waals surface area contributed by atoms with Gasteiger partial charge in [-0.3, -0.25) is 4.79 Å². The van der Waals surface area contributed by atoms with Crippen LogP contribution in [-0.4, -0.2) is 30.6 Å². The van der Waals surface area contributed by atoms with Crippen LogP contribution >= 0.6 is 11.8 Å². The van der Waals surface area contributed by atoms with Crippen molar-refractivity contribution in [2.45, 2.75) is 24.3 Å². The number of carbonyl (C=O) groups excluding carboxylic acids is 1. The Morgan fingerprint density at radius 2 is 2.04 bits per heavy atom. The summed E-state index contributed by atoms with van der Waals surface area (Å²) in [6.07, 6.45) is 0.441. The molecule has 1 amide bonds. The summed E-state index contributed by atoms with van der Waals surface area (Å²) in [6, 6.07) is 15.6. The molecule has 4 rings (SSSR count). The van der Waals surface area contributed by atoms with Crippen LogP contribution in [0.1, 0.15) is 19.2 Å². The van der Waals surface area contributed by atoms with Crippen LogP contribution in [-0.2, 0) is 17.6 Å². The molecule has 0 aliphatic heterocycles. The van der Waals surface area contributed by atoms with Crippen LogP contribution in [0.4, 0.5) is 5.69 Å². The number of rotatable bonds is 6. The molecular weight excluding hydrogens is 372 g/mol. The first kappa shape index (κ1) is 18.2. The van der Waals surface area contributed by atoms with E-state index in [-0.39, 0.29) is 5.91 Å². The monoisotopic (exact) mass is 392 g/mol. The predicted molar refractivity (Wildman–Crippen MR) is 111 cm³/mol. The Balaban J connectivity index is 1.51. The SMILES string of the molecule is CCC(=O)Nc1cccc(-c2nnc(SCc3nc4ccccc4[nH]3)n2C)c1. The standard InChI is InChI=1S/C20H20N6OS/c1-3-18(27)21-14-8-6-7-13(11-14)19-24-25-20(26(19)2)28-12-17-22-15-9-4-5-10-16(15)23-17/h4-11H,3,12H2,1-2H3,(H,21,27)(H,22,23). The molecule has 0 saturated carbocycles. The number of anilines is 1. The van der Waals surface area contributed by atoms with Gasteiger partial charge in [0.1, 0.15) is 5.82 Å². The summed E-state index contributed by atoms with van der Waals surface area (Å²) in [5.41, 5.74) is 3.65. The molecule has 2 aromatic heterocycles. The molecule has 2 aromatic carbocycles. The Morgan fingerprint density at radius 1 is 1.18 bits per heavy atom. The van der Waals surface area contributed by atoms with Gasteiger partial charge in [0, 0.05) is 24.7 Å². The van der Waals surface area contributed by atoms with Crippen molar-refractivity contribution in [3.63, 3.8) is 0 Å². The van der Waals surface area contributed by atoms with Gasteiger partial charge >= 0.3 is 0 Å². The fourth-order valence-corrected chi connectivity index (χ4v) is 3.67. The van der Waals surface area contributed by atoms with Gasteiger partial charge in [-0.2, -0.15) is 0 Å². The van der Waals surface area contributed by atoms with Crippen molar-refractivity contribution in [2.24, 2.45) is 7.05 Å². The Kier molecular flexibility index (Phi) is 5.12. The molecule has 7 nitrogen and oxygen atoms in total. The van der Waals surface area contributed by atoms with E-state index < -0.39 is 0 Å². The summed E-state index contributed by atoms with van der Waals surface area (Å²) < 4.78 is 1.95. The Morgan fingerprint density at radius 3 is 2.86 bits per heavy atom. The smallest absolute Gasteiger partial charge is 0.224 e. The van der Waals surface area contributed by atoms with Gasteiger partial charge in [-0.15, -0.1) is 10.2 Å². The normalized spacial score (nSPS) is 11.1. The number of aromatic amines is 1. The van der Waals surface area contributed by atoms with E-state index in [1.54, 1.807) is 11.8 Å². The van der Waals surface area contributed by atoms with E-state index in [4.69, 9.17) is 0 Å². The van der Waals surface area contributed by atoms with E-state index in [1.807, 2.05) is 67.1 Å². The lowest BCUT2D eigenvalue weighted by molar-refractivity contribution is -0.115. The number of thioether (sulfide) groups is 1. The third-order valence-corrected chi connectivity index (χ3v) is 5.37. The second-order valence-corrected chi connectivity index (χ2v) is 7.28. The van der Waals surface area contributed by atoms with Gasteiger partial charge < -0.3 is 14.9 Å².